The second-order valence-electron chi connectivity index (χ2n) is 5.44. The standard InChI is InChI=1S/C13H25N3O/c1-11-9-14-10-12(11)13(17)15-5-4-8-16-6-2-3-7-16/h11-12,14H,2-10H2,1H3,(H,15,17). The first kappa shape index (κ1) is 12.8. The predicted octanol–water partition coefficient (Wildman–Crippen LogP) is 0.444. The molecule has 4 heteroatoms. The van der Waals surface area contributed by atoms with E-state index in [-0.39, 0.29) is 11.8 Å². The Morgan fingerprint density at radius 3 is 2.76 bits per heavy atom. The van der Waals surface area contributed by atoms with Crippen molar-refractivity contribution < 1.29 is 4.79 Å². The number of hydrogen-bond donors (Lipinski definition) is 2. The van der Waals surface area contributed by atoms with Crippen molar-refractivity contribution in [1.82, 2.24) is 15.5 Å². The smallest absolute Gasteiger partial charge is 0.224 e. The largest absolute Gasteiger partial charge is 0.356 e. The molecule has 2 heterocycles. The van der Waals surface area contributed by atoms with Crippen LogP contribution in [-0.4, -0.2) is 50.1 Å². The molecule has 0 aromatic carbocycles. The quantitative estimate of drug-likeness (QED) is 0.685. The first-order valence-electron chi connectivity index (χ1n) is 6.98. The summed E-state index contributed by atoms with van der Waals surface area (Å²) in [7, 11) is 0. The molecule has 0 aliphatic carbocycles. The lowest BCUT2D eigenvalue weighted by molar-refractivity contribution is -0.125. The summed E-state index contributed by atoms with van der Waals surface area (Å²) in [5, 5.41) is 6.34. The van der Waals surface area contributed by atoms with Crippen molar-refractivity contribution in [2.45, 2.75) is 26.2 Å². The van der Waals surface area contributed by atoms with Crippen LogP contribution in [0.3, 0.4) is 0 Å². The van der Waals surface area contributed by atoms with E-state index in [0.717, 1.165) is 32.6 Å². The van der Waals surface area contributed by atoms with Gasteiger partial charge < -0.3 is 15.5 Å². The zero-order chi connectivity index (χ0) is 12.1. The molecule has 0 bridgehead atoms. The molecule has 2 unspecified atom stereocenters. The van der Waals surface area contributed by atoms with Gasteiger partial charge in [0.1, 0.15) is 0 Å². The third-order valence-electron chi connectivity index (χ3n) is 4.00. The summed E-state index contributed by atoms with van der Waals surface area (Å²) in [4.78, 5) is 14.4. The zero-order valence-corrected chi connectivity index (χ0v) is 10.9. The normalized spacial score (nSPS) is 29.7. The Morgan fingerprint density at radius 1 is 1.35 bits per heavy atom. The number of carbonyl (C=O) groups is 1. The first-order valence-corrected chi connectivity index (χ1v) is 6.98. The maximum absolute atomic E-state index is 11.9. The Bertz CT molecular complexity index is 251. The van der Waals surface area contributed by atoms with Crippen LogP contribution in [0.15, 0.2) is 0 Å². The molecule has 2 atom stereocenters. The van der Waals surface area contributed by atoms with Crippen LogP contribution >= 0.6 is 0 Å². The lowest BCUT2D eigenvalue weighted by Crippen LogP contribution is -2.36. The predicted molar refractivity (Wildman–Crippen MR) is 68.8 cm³/mol. The van der Waals surface area contributed by atoms with Gasteiger partial charge in [0.25, 0.3) is 0 Å². The minimum absolute atomic E-state index is 0.182. The lowest BCUT2D eigenvalue weighted by atomic mass is 9.97. The van der Waals surface area contributed by atoms with Gasteiger partial charge in [0.05, 0.1) is 5.92 Å². The highest BCUT2D eigenvalue weighted by molar-refractivity contribution is 5.79. The summed E-state index contributed by atoms with van der Waals surface area (Å²) in [6, 6.07) is 0. The van der Waals surface area contributed by atoms with Gasteiger partial charge in [0.2, 0.25) is 5.91 Å². The van der Waals surface area contributed by atoms with Crippen molar-refractivity contribution in [1.29, 1.82) is 0 Å². The summed E-state index contributed by atoms with van der Waals surface area (Å²) >= 11 is 0. The molecule has 0 radical (unpaired) electrons. The Morgan fingerprint density at radius 2 is 2.12 bits per heavy atom. The fourth-order valence-electron chi connectivity index (χ4n) is 2.81. The fourth-order valence-corrected chi connectivity index (χ4v) is 2.81. The van der Waals surface area contributed by atoms with Crippen LogP contribution in [0.2, 0.25) is 0 Å². The molecule has 0 aromatic rings. The minimum Gasteiger partial charge on any atom is -0.356 e. The van der Waals surface area contributed by atoms with Gasteiger partial charge in [-0.2, -0.15) is 0 Å². The lowest BCUT2D eigenvalue weighted by Gasteiger charge is -2.16. The van der Waals surface area contributed by atoms with Crippen LogP contribution in [0, 0.1) is 11.8 Å². The van der Waals surface area contributed by atoms with E-state index in [4.69, 9.17) is 0 Å². The van der Waals surface area contributed by atoms with Crippen molar-refractivity contribution in [3.63, 3.8) is 0 Å². The molecule has 2 N–H and O–H groups in total. The molecule has 0 saturated carbocycles. The van der Waals surface area contributed by atoms with Crippen molar-refractivity contribution in [3.8, 4) is 0 Å². The number of amides is 1. The van der Waals surface area contributed by atoms with Crippen LogP contribution in [0.1, 0.15) is 26.2 Å². The summed E-state index contributed by atoms with van der Waals surface area (Å²) in [6.45, 7) is 8.44. The molecular weight excluding hydrogens is 214 g/mol. The molecule has 0 aromatic heterocycles. The fraction of sp³-hybridized carbons (Fsp3) is 0.923. The van der Waals surface area contributed by atoms with Gasteiger partial charge in [-0.1, -0.05) is 6.92 Å². The topological polar surface area (TPSA) is 44.4 Å². The SMILES string of the molecule is CC1CNCC1C(=O)NCCCN1CCCC1. The maximum Gasteiger partial charge on any atom is 0.224 e. The number of carbonyl (C=O) groups excluding carboxylic acids is 1. The highest BCUT2D eigenvalue weighted by atomic mass is 16.1. The second kappa shape index (κ2) is 6.36. The highest BCUT2D eigenvalue weighted by Crippen LogP contribution is 2.15. The van der Waals surface area contributed by atoms with Crippen molar-refractivity contribution in [2.75, 3.05) is 39.3 Å². The van der Waals surface area contributed by atoms with Crippen molar-refractivity contribution in [2.24, 2.45) is 11.8 Å². The summed E-state index contributed by atoms with van der Waals surface area (Å²) < 4.78 is 0. The molecule has 2 aliphatic heterocycles. The van der Waals surface area contributed by atoms with Crippen LogP contribution in [0.5, 0.6) is 0 Å². The molecule has 17 heavy (non-hydrogen) atoms. The number of hydrogen-bond acceptors (Lipinski definition) is 3. The van der Waals surface area contributed by atoms with Gasteiger partial charge in [-0.05, 0) is 51.4 Å². The van der Waals surface area contributed by atoms with Gasteiger partial charge >= 0.3 is 0 Å². The highest BCUT2D eigenvalue weighted by Gasteiger charge is 2.29. The summed E-state index contributed by atoms with van der Waals surface area (Å²) in [5.74, 6) is 0.902. The van der Waals surface area contributed by atoms with E-state index in [2.05, 4.69) is 22.5 Å². The van der Waals surface area contributed by atoms with E-state index >= 15 is 0 Å². The number of nitrogens with zero attached hydrogens (tertiary/aromatic N) is 1. The molecule has 4 nitrogen and oxygen atoms in total. The van der Waals surface area contributed by atoms with E-state index in [1.807, 2.05) is 0 Å². The summed E-state index contributed by atoms with van der Waals surface area (Å²) in [5.41, 5.74) is 0. The average molecular weight is 239 g/mol. The van der Waals surface area contributed by atoms with Crippen molar-refractivity contribution in [3.05, 3.63) is 0 Å². The van der Waals surface area contributed by atoms with Crippen LogP contribution in [0.25, 0.3) is 0 Å². The number of nitrogens with one attached hydrogen (secondary N) is 2. The zero-order valence-electron chi connectivity index (χ0n) is 10.9. The van der Waals surface area contributed by atoms with E-state index < -0.39 is 0 Å². The van der Waals surface area contributed by atoms with Crippen LogP contribution < -0.4 is 10.6 Å². The maximum atomic E-state index is 11.9. The molecule has 2 saturated heterocycles. The monoisotopic (exact) mass is 239 g/mol. The Hall–Kier alpha value is -0.610. The molecule has 0 spiro atoms. The minimum atomic E-state index is 0.182. The molecule has 2 rings (SSSR count). The molecule has 2 aliphatic rings. The van der Waals surface area contributed by atoms with Crippen LogP contribution in [0.4, 0.5) is 0 Å². The van der Waals surface area contributed by atoms with E-state index in [1.165, 1.54) is 25.9 Å². The van der Waals surface area contributed by atoms with E-state index in [1.54, 1.807) is 0 Å². The first-order chi connectivity index (χ1) is 8.27. The van der Waals surface area contributed by atoms with E-state index in [0.29, 0.717) is 5.92 Å². The third kappa shape index (κ3) is 3.68. The Balaban J connectivity index is 1.56. The molecule has 2 fully saturated rings. The molecular formula is C13H25N3O. The Labute approximate surface area is 104 Å². The second-order valence-corrected chi connectivity index (χ2v) is 5.44. The number of likely N-dealkylation sites (tertiary alicyclic amines) is 1. The van der Waals surface area contributed by atoms with Gasteiger partial charge in [0, 0.05) is 13.1 Å². The number of rotatable bonds is 5. The van der Waals surface area contributed by atoms with Gasteiger partial charge in [0.15, 0.2) is 0 Å². The van der Waals surface area contributed by atoms with Gasteiger partial charge in [-0.25, -0.2) is 0 Å². The van der Waals surface area contributed by atoms with E-state index in [9.17, 15) is 4.79 Å². The van der Waals surface area contributed by atoms with Gasteiger partial charge in [-0.3, -0.25) is 4.79 Å². The summed E-state index contributed by atoms with van der Waals surface area (Å²) in [6.07, 6.45) is 3.77. The average Bonchev–Trinajstić information content (AvgIpc) is 2.95. The third-order valence-corrected chi connectivity index (χ3v) is 4.00. The van der Waals surface area contributed by atoms with Gasteiger partial charge in [-0.15, -0.1) is 0 Å². The van der Waals surface area contributed by atoms with Crippen molar-refractivity contribution >= 4 is 5.91 Å². The molecule has 98 valence electrons. The van der Waals surface area contributed by atoms with Crippen LogP contribution in [-0.2, 0) is 4.79 Å². The molecule has 1 amide bonds. The Kier molecular flexibility index (Phi) is 4.80.